The van der Waals surface area contributed by atoms with E-state index in [1.54, 1.807) is 12.1 Å². The van der Waals surface area contributed by atoms with Crippen LogP contribution < -0.4 is 0 Å². The lowest BCUT2D eigenvalue weighted by Gasteiger charge is -2.03. The van der Waals surface area contributed by atoms with Gasteiger partial charge in [-0.15, -0.1) is 0 Å². The molecule has 0 saturated heterocycles. The molecule has 0 bridgehead atoms. The highest BCUT2D eigenvalue weighted by molar-refractivity contribution is 6.29. The maximum atomic E-state index is 13.0. The van der Waals surface area contributed by atoms with E-state index < -0.39 is 11.6 Å². The Balaban J connectivity index is 2.54. The molecule has 16 heavy (non-hydrogen) atoms. The first-order valence-electron chi connectivity index (χ1n) is 4.66. The SMILES string of the molecule is Cc1cc(Cl)nc(-c2ccc(F)c(F)c2)c1. The molecule has 0 amide bonds. The smallest absolute Gasteiger partial charge is 0.159 e. The molecular formula is C12H8ClF2N. The molecule has 0 unspecified atom stereocenters. The molecule has 2 aromatic rings. The standard InChI is InChI=1S/C12H8ClF2N/c1-7-4-11(16-12(13)5-7)8-2-3-9(14)10(15)6-8/h2-6H,1H3. The number of aromatic nitrogens is 1. The van der Waals surface area contributed by atoms with Gasteiger partial charge in [-0.2, -0.15) is 0 Å². The summed E-state index contributed by atoms with van der Waals surface area (Å²) in [6, 6.07) is 7.11. The molecule has 0 aliphatic carbocycles. The van der Waals surface area contributed by atoms with Gasteiger partial charge in [-0.25, -0.2) is 13.8 Å². The highest BCUT2D eigenvalue weighted by atomic mass is 35.5. The third-order valence-electron chi connectivity index (χ3n) is 2.15. The van der Waals surface area contributed by atoms with Gasteiger partial charge in [-0.1, -0.05) is 11.6 Å². The number of aryl methyl sites for hydroxylation is 1. The van der Waals surface area contributed by atoms with Gasteiger partial charge in [-0.3, -0.25) is 0 Å². The van der Waals surface area contributed by atoms with Crippen molar-refractivity contribution in [2.75, 3.05) is 0 Å². The van der Waals surface area contributed by atoms with Gasteiger partial charge in [0, 0.05) is 5.56 Å². The molecule has 2 rings (SSSR count). The third-order valence-corrected chi connectivity index (χ3v) is 2.35. The number of benzene rings is 1. The van der Waals surface area contributed by atoms with E-state index in [0.717, 1.165) is 17.7 Å². The molecule has 0 aliphatic rings. The van der Waals surface area contributed by atoms with Crippen LogP contribution in [-0.2, 0) is 0 Å². The van der Waals surface area contributed by atoms with E-state index in [4.69, 9.17) is 11.6 Å². The van der Waals surface area contributed by atoms with Gasteiger partial charge >= 0.3 is 0 Å². The Morgan fingerprint density at radius 1 is 1.06 bits per heavy atom. The van der Waals surface area contributed by atoms with Crippen LogP contribution in [0.2, 0.25) is 5.15 Å². The number of pyridine rings is 1. The van der Waals surface area contributed by atoms with Crippen LogP contribution in [0.15, 0.2) is 30.3 Å². The van der Waals surface area contributed by atoms with Crippen molar-refractivity contribution in [1.29, 1.82) is 0 Å². The molecule has 0 spiro atoms. The van der Waals surface area contributed by atoms with Gasteiger partial charge in [0.15, 0.2) is 11.6 Å². The Kier molecular flexibility index (Phi) is 2.88. The molecule has 0 fully saturated rings. The molecule has 0 aliphatic heterocycles. The lowest BCUT2D eigenvalue weighted by atomic mass is 10.1. The van der Waals surface area contributed by atoms with E-state index in [1.165, 1.54) is 6.07 Å². The van der Waals surface area contributed by atoms with Crippen molar-refractivity contribution >= 4 is 11.6 Å². The molecule has 0 atom stereocenters. The predicted octanol–water partition coefficient (Wildman–Crippen LogP) is 3.99. The second kappa shape index (κ2) is 4.18. The van der Waals surface area contributed by atoms with E-state index in [-0.39, 0.29) is 0 Å². The minimum Gasteiger partial charge on any atom is -0.236 e. The molecule has 0 saturated carbocycles. The van der Waals surface area contributed by atoms with Gasteiger partial charge in [0.1, 0.15) is 5.15 Å². The first kappa shape index (κ1) is 11.0. The lowest BCUT2D eigenvalue weighted by molar-refractivity contribution is 0.509. The number of halogens is 3. The summed E-state index contributed by atoms with van der Waals surface area (Å²) in [4.78, 5) is 4.05. The largest absolute Gasteiger partial charge is 0.236 e. The fraction of sp³-hybridized carbons (Fsp3) is 0.0833. The molecule has 1 aromatic heterocycles. The highest BCUT2D eigenvalue weighted by Crippen LogP contribution is 2.22. The van der Waals surface area contributed by atoms with E-state index in [1.807, 2.05) is 6.92 Å². The van der Waals surface area contributed by atoms with Gasteiger partial charge < -0.3 is 0 Å². The van der Waals surface area contributed by atoms with Crippen LogP contribution in [0.25, 0.3) is 11.3 Å². The molecule has 1 nitrogen and oxygen atoms in total. The Hall–Kier alpha value is -1.48. The van der Waals surface area contributed by atoms with E-state index in [9.17, 15) is 8.78 Å². The molecule has 0 N–H and O–H groups in total. The summed E-state index contributed by atoms with van der Waals surface area (Å²) in [5.41, 5.74) is 1.95. The summed E-state index contributed by atoms with van der Waals surface area (Å²) in [6.45, 7) is 1.86. The normalized spacial score (nSPS) is 10.5. The topological polar surface area (TPSA) is 12.9 Å². The van der Waals surface area contributed by atoms with Crippen LogP contribution in [0.4, 0.5) is 8.78 Å². The summed E-state index contributed by atoms with van der Waals surface area (Å²) in [7, 11) is 0. The lowest BCUT2D eigenvalue weighted by Crippen LogP contribution is -1.89. The zero-order valence-corrected chi connectivity index (χ0v) is 9.22. The first-order chi connectivity index (χ1) is 7.56. The van der Waals surface area contributed by atoms with Crippen molar-refractivity contribution in [3.63, 3.8) is 0 Å². The first-order valence-corrected chi connectivity index (χ1v) is 5.03. The summed E-state index contributed by atoms with van der Waals surface area (Å²) < 4.78 is 25.8. The van der Waals surface area contributed by atoms with Crippen LogP contribution in [0.5, 0.6) is 0 Å². The highest BCUT2D eigenvalue weighted by Gasteiger charge is 2.06. The Morgan fingerprint density at radius 2 is 1.81 bits per heavy atom. The number of nitrogens with zero attached hydrogens (tertiary/aromatic N) is 1. The fourth-order valence-electron chi connectivity index (χ4n) is 1.43. The number of hydrogen-bond donors (Lipinski definition) is 0. The van der Waals surface area contributed by atoms with Crippen molar-refractivity contribution in [2.24, 2.45) is 0 Å². The molecule has 82 valence electrons. The summed E-state index contributed by atoms with van der Waals surface area (Å²) in [5.74, 6) is -1.76. The van der Waals surface area contributed by atoms with Crippen molar-refractivity contribution in [3.8, 4) is 11.3 Å². The Labute approximate surface area is 96.7 Å². The maximum absolute atomic E-state index is 13.0. The second-order valence-corrected chi connectivity index (χ2v) is 3.87. The maximum Gasteiger partial charge on any atom is 0.159 e. The zero-order valence-electron chi connectivity index (χ0n) is 8.47. The molecular weight excluding hydrogens is 232 g/mol. The monoisotopic (exact) mass is 239 g/mol. The van der Waals surface area contributed by atoms with Gasteiger partial charge in [0.25, 0.3) is 0 Å². The average molecular weight is 240 g/mol. The summed E-state index contributed by atoms with van der Waals surface area (Å²) >= 11 is 5.79. The predicted molar refractivity (Wildman–Crippen MR) is 59.3 cm³/mol. The van der Waals surface area contributed by atoms with E-state index in [2.05, 4.69) is 4.98 Å². The second-order valence-electron chi connectivity index (χ2n) is 3.48. The average Bonchev–Trinajstić information content (AvgIpc) is 2.20. The Morgan fingerprint density at radius 3 is 2.44 bits per heavy atom. The van der Waals surface area contributed by atoms with Crippen molar-refractivity contribution in [3.05, 3.63) is 52.7 Å². The van der Waals surface area contributed by atoms with Crippen molar-refractivity contribution < 1.29 is 8.78 Å². The molecule has 1 aromatic carbocycles. The third kappa shape index (κ3) is 2.19. The van der Waals surface area contributed by atoms with E-state index in [0.29, 0.717) is 16.4 Å². The minimum absolute atomic E-state index is 0.333. The van der Waals surface area contributed by atoms with Gasteiger partial charge in [-0.05, 0) is 42.8 Å². The van der Waals surface area contributed by atoms with Crippen LogP contribution in [0.1, 0.15) is 5.56 Å². The summed E-state index contributed by atoms with van der Waals surface area (Å²) in [6.07, 6.45) is 0. The molecule has 4 heteroatoms. The molecule has 0 radical (unpaired) electrons. The minimum atomic E-state index is -0.892. The van der Waals surface area contributed by atoms with Crippen LogP contribution in [-0.4, -0.2) is 4.98 Å². The van der Waals surface area contributed by atoms with Gasteiger partial charge in [0.05, 0.1) is 5.69 Å². The van der Waals surface area contributed by atoms with Crippen LogP contribution in [0, 0.1) is 18.6 Å². The summed E-state index contributed by atoms with van der Waals surface area (Å²) in [5, 5.41) is 0.333. The van der Waals surface area contributed by atoms with E-state index >= 15 is 0 Å². The number of hydrogen-bond acceptors (Lipinski definition) is 1. The van der Waals surface area contributed by atoms with Crippen LogP contribution >= 0.6 is 11.6 Å². The number of rotatable bonds is 1. The quantitative estimate of drug-likeness (QED) is 0.686. The van der Waals surface area contributed by atoms with Crippen molar-refractivity contribution in [1.82, 2.24) is 4.98 Å². The van der Waals surface area contributed by atoms with Crippen molar-refractivity contribution in [2.45, 2.75) is 6.92 Å². The zero-order chi connectivity index (χ0) is 11.7. The fourth-order valence-corrected chi connectivity index (χ4v) is 1.69. The van der Waals surface area contributed by atoms with Gasteiger partial charge in [0.2, 0.25) is 0 Å². The molecule has 1 heterocycles. The van der Waals surface area contributed by atoms with Crippen LogP contribution in [0.3, 0.4) is 0 Å². The Bertz CT molecular complexity index is 520.